The first-order valence-electron chi connectivity index (χ1n) is 13.1. The van der Waals surface area contributed by atoms with Gasteiger partial charge in [0, 0.05) is 37.4 Å². The third-order valence-corrected chi connectivity index (χ3v) is 7.79. The van der Waals surface area contributed by atoms with Crippen LogP contribution in [-0.4, -0.2) is 68.3 Å². The lowest BCUT2D eigenvalue weighted by Crippen LogP contribution is -2.53. The molecule has 210 valence electrons. The number of alkyl halides is 3. The molecule has 4 heterocycles. The number of β-amino-alcohol motifs (C(OH)–C–C–N with tert-alkyl or cyclic N) is 1. The van der Waals surface area contributed by atoms with Gasteiger partial charge in [0.15, 0.2) is 5.65 Å². The molecule has 2 N–H and O–H groups in total. The summed E-state index contributed by atoms with van der Waals surface area (Å²) in [7, 11) is 0. The fourth-order valence-corrected chi connectivity index (χ4v) is 5.77. The van der Waals surface area contributed by atoms with E-state index in [1.54, 1.807) is 6.07 Å². The van der Waals surface area contributed by atoms with Gasteiger partial charge < -0.3 is 15.3 Å². The molecule has 0 aliphatic carbocycles. The summed E-state index contributed by atoms with van der Waals surface area (Å²) in [5, 5.41) is 17.3. The van der Waals surface area contributed by atoms with Gasteiger partial charge in [0.05, 0.1) is 28.5 Å². The largest absolute Gasteiger partial charge is 0.419 e. The molecule has 1 aromatic carbocycles. The second-order valence-electron chi connectivity index (χ2n) is 10.8. The zero-order valence-corrected chi connectivity index (χ0v) is 21.9. The molecular weight excluding hydrogens is 516 g/mol. The van der Waals surface area contributed by atoms with Gasteiger partial charge in [-0.3, -0.25) is 9.69 Å². The first-order chi connectivity index (χ1) is 18.4. The van der Waals surface area contributed by atoms with Crippen LogP contribution in [0, 0.1) is 5.82 Å². The van der Waals surface area contributed by atoms with Crippen LogP contribution >= 0.6 is 0 Å². The van der Waals surface area contributed by atoms with Gasteiger partial charge in [0.1, 0.15) is 12.1 Å². The van der Waals surface area contributed by atoms with Crippen molar-refractivity contribution < 1.29 is 27.5 Å². The number of anilines is 1. The number of aromatic nitrogens is 3. The number of likely N-dealkylation sites (tertiary alicyclic amines) is 1. The van der Waals surface area contributed by atoms with E-state index in [0.717, 1.165) is 57.1 Å². The van der Waals surface area contributed by atoms with E-state index < -0.39 is 35.1 Å². The summed E-state index contributed by atoms with van der Waals surface area (Å²) in [5.74, 6) is -1.97. The summed E-state index contributed by atoms with van der Waals surface area (Å²) < 4.78 is 55.6. The number of nitrogens with zero attached hydrogens (tertiary/aromatic N) is 5. The van der Waals surface area contributed by atoms with Crippen LogP contribution in [0.1, 0.15) is 67.1 Å². The van der Waals surface area contributed by atoms with Crippen molar-refractivity contribution in [3.8, 4) is 0 Å². The molecule has 0 saturated carbocycles. The van der Waals surface area contributed by atoms with Crippen molar-refractivity contribution in [1.29, 1.82) is 0 Å². The number of rotatable bonds is 5. The molecule has 2 aliphatic rings. The second-order valence-corrected chi connectivity index (χ2v) is 10.8. The third kappa shape index (κ3) is 5.72. The van der Waals surface area contributed by atoms with E-state index >= 15 is 0 Å². The van der Waals surface area contributed by atoms with Crippen molar-refractivity contribution in [3.05, 3.63) is 59.3 Å². The minimum Gasteiger partial charge on any atom is -0.389 e. The normalized spacial score (nSPS) is 22.3. The summed E-state index contributed by atoms with van der Waals surface area (Å²) >= 11 is 0. The third-order valence-electron chi connectivity index (χ3n) is 7.79. The van der Waals surface area contributed by atoms with Gasteiger partial charge in [0.25, 0.3) is 5.91 Å². The highest BCUT2D eigenvalue weighted by Gasteiger charge is 2.36. The number of amides is 1. The first kappa shape index (κ1) is 27.3. The molecule has 0 radical (unpaired) electrons. The van der Waals surface area contributed by atoms with Gasteiger partial charge in [-0.15, -0.1) is 0 Å². The van der Waals surface area contributed by atoms with Crippen molar-refractivity contribution in [3.63, 3.8) is 0 Å². The molecular formula is C27H32F4N6O2. The molecule has 2 aliphatic heterocycles. The van der Waals surface area contributed by atoms with E-state index in [4.69, 9.17) is 0 Å². The van der Waals surface area contributed by atoms with E-state index in [9.17, 15) is 27.5 Å². The van der Waals surface area contributed by atoms with Crippen LogP contribution in [0.5, 0.6) is 0 Å². The molecule has 2 atom stereocenters. The second kappa shape index (κ2) is 10.4. The summed E-state index contributed by atoms with van der Waals surface area (Å²) in [5.41, 5.74) is -0.747. The smallest absolute Gasteiger partial charge is 0.389 e. The number of piperidine rings is 2. The minimum atomic E-state index is -4.84. The highest BCUT2D eigenvalue weighted by Crippen LogP contribution is 2.34. The molecule has 5 rings (SSSR count). The fraction of sp³-hybridized carbons (Fsp3) is 0.519. The lowest BCUT2D eigenvalue weighted by atomic mass is 9.92. The van der Waals surface area contributed by atoms with Crippen LogP contribution in [0.25, 0.3) is 5.65 Å². The lowest BCUT2D eigenvalue weighted by molar-refractivity contribution is -0.140. The van der Waals surface area contributed by atoms with Crippen molar-refractivity contribution in [1.82, 2.24) is 24.8 Å². The Balaban J connectivity index is 1.33. The Morgan fingerprint density at radius 2 is 1.97 bits per heavy atom. The highest BCUT2D eigenvalue weighted by molar-refractivity contribution is 5.96. The van der Waals surface area contributed by atoms with Crippen LogP contribution in [0.4, 0.5) is 23.2 Å². The van der Waals surface area contributed by atoms with Crippen LogP contribution in [-0.2, 0) is 6.18 Å². The number of nitrogens with one attached hydrogen (secondary N) is 1. The summed E-state index contributed by atoms with van der Waals surface area (Å²) in [4.78, 5) is 22.0. The topological polar surface area (TPSA) is 86.0 Å². The lowest BCUT2D eigenvalue weighted by Gasteiger charge is -2.44. The van der Waals surface area contributed by atoms with Gasteiger partial charge in [-0.25, -0.2) is 13.9 Å². The molecule has 12 heteroatoms. The van der Waals surface area contributed by atoms with Crippen molar-refractivity contribution in [2.24, 2.45) is 0 Å². The minimum absolute atomic E-state index is 0.233. The van der Waals surface area contributed by atoms with Crippen molar-refractivity contribution in [2.45, 2.75) is 63.4 Å². The maximum atomic E-state index is 14.6. The number of pyridine rings is 1. The first-order valence-corrected chi connectivity index (χ1v) is 13.1. The SMILES string of the molecule is C[C@@H](NC(=O)c1cc(N2CCC(N3CCC[C@@](C)(O)C3)CC2)c2ncnn2c1)c1cccc(C(F)(F)F)c1F. The van der Waals surface area contributed by atoms with Crippen LogP contribution in [0.15, 0.2) is 36.8 Å². The number of carbonyl (C=O) groups is 1. The summed E-state index contributed by atoms with van der Waals surface area (Å²) in [6.45, 7) is 6.40. The summed E-state index contributed by atoms with van der Waals surface area (Å²) in [6, 6.07) is 4.07. The fourth-order valence-electron chi connectivity index (χ4n) is 5.77. The zero-order chi connectivity index (χ0) is 27.9. The van der Waals surface area contributed by atoms with E-state index in [-0.39, 0.29) is 11.1 Å². The molecule has 39 heavy (non-hydrogen) atoms. The molecule has 0 unspecified atom stereocenters. The van der Waals surface area contributed by atoms with Crippen molar-refractivity contribution >= 4 is 17.2 Å². The number of halogens is 4. The molecule has 0 spiro atoms. The Morgan fingerprint density at radius 3 is 2.67 bits per heavy atom. The molecule has 2 aromatic heterocycles. The standard InChI is InChI=1S/C27H32F4N6O2/c1-17(20-5-3-6-21(23(20)28)27(29,30)31)34-25(38)18-13-22(24-32-16-33-37(24)14-18)35-11-7-19(8-12-35)36-10-4-9-26(2,39)15-36/h3,5-6,13-14,16-17,19,39H,4,7-12,15H2,1-2H3,(H,34,38)/t17-,26-/m1/s1. The molecule has 2 saturated heterocycles. The zero-order valence-electron chi connectivity index (χ0n) is 21.9. The molecule has 2 fully saturated rings. The van der Waals surface area contributed by atoms with Gasteiger partial charge in [-0.1, -0.05) is 12.1 Å². The number of carbonyl (C=O) groups excluding carboxylic acids is 1. The maximum Gasteiger partial charge on any atom is 0.419 e. The predicted molar refractivity (Wildman–Crippen MR) is 137 cm³/mol. The Labute approximate surface area is 223 Å². The van der Waals surface area contributed by atoms with Gasteiger partial charge in [-0.05, 0) is 58.2 Å². The maximum absolute atomic E-state index is 14.6. The van der Waals surface area contributed by atoms with Gasteiger partial charge >= 0.3 is 6.18 Å². The monoisotopic (exact) mass is 548 g/mol. The molecule has 0 bridgehead atoms. The predicted octanol–water partition coefficient (Wildman–Crippen LogP) is 4.19. The molecule has 8 nitrogen and oxygen atoms in total. The van der Waals surface area contributed by atoms with Crippen molar-refractivity contribution in [2.75, 3.05) is 31.1 Å². The van der Waals surface area contributed by atoms with E-state index in [1.165, 1.54) is 30.0 Å². The van der Waals surface area contributed by atoms with E-state index in [2.05, 4.69) is 25.2 Å². The van der Waals surface area contributed by atoms with E-state index in [1.807, 2.05) is 6.92 Å². The van der Waals surface area contributed by atoms with E-state index in [0.29, 0.717) is 24.3 Å². The Morgan fingerprint density at radius 1 is 1.23 bits per heavy atom. The number of aliphatic hydroxyl groups is 1. The number of fused-ring (bicyclic) bond motifs is 1. The average molecular weight is 549 g/mol. The van der Waals surface area contributed by atoms with Crippen LogP contribution < -0.4 is 10.2 Å². The van der Waals surface area contributed by atoms with Crippen LogP contribution in [0.2, 0.25) is 0 Å². The number of hydrogen-bond acceptors (Lipinski definition) is 6. The van der Waals surface area contributed by atoms with Crippen LogP contribution in [0.3, 0.4) is 0 Å². The Hall–Kier alpha value is -3.25. The Kier molecular flexibility index (Phi) is 7.27. The quantitative estimate of drug-likeness (QED) is 0.465. The number of benzene rings is 1. The molecule has 1 amide bonds. The van der Waals surface area contributed by atoms with Gasteiger partial charge in [0.2, 0.25) is 0 Å². The Bertz CT molecular complexity index is 1350. The highest BCUT2D eigenvalue weighted by atomic mass is 19.4. The number of hydrogen-bond donors (Lipinski definition) is 2. The molecule has 3 aromatic rings. The van der Waals surface area contributed by atoms with Gasteiger partial charge in [-0.2, -0.15) is 18.3 Å². The average Bonchev–Trinajstić information content (AvgIpc) is 3.36. The summed E-state index contributed by atoms with van der Waals surface area (Å²) in [6.07, 6.45) is 1.60.